The van der Waals surface area contributed by atoms with E-state index in [0.29, 0.717) is 6.61 Å². The van der Waals surface area contributed by atoms with E-state index in [0.717, 1.165) is 31.6 Å². The van der Waals surface area contributed by atoms with E-state index in [1.54, 1.807) is 0 Å². The molecule has 1 aliphatic rings. The fourth-order valence-electron chi connectivity index (χ4n) is 2.40. The van der Waals surface area contributed by atoms with Gasteiger partial charge >= 0.3 is 0 Å². The van der Waals surface area contributed by atoms with Crippen LogP contribution in [0.15, 0.2) is 24.3 Å². The van der Waals surface area contributed by atoms with Crippen LogP contribution in [0.5, 0.6) is 5.75 Å². The van der Waals surface area contributed by atoms with Crippen LogP contribution in [0.2, 0.25) is 0 Å². The van der Waals surface area contributed by atoms with Gasteiger partial charge < -0.3 is 15.2 Å². The van der Waals surface area contributed by atoms with Crippen LogP contribution in [0.25, 0.3) is 0 Å². The summed E-state index contributed by atoms with van der Waals surface area (Å²) in [4.78, 5) is 0. The second-order valence-corrected chi connectivity index (χ2v) is 5.07. The molecular weight excluding hydrogens is 262 g/mol. The Hall–Kier alpha value is -0.770. The third-order valence-electron chi connectivity index (χ3n) is 3.53. The quantitative estimate of drug-likeness (QED) is 0.818. The van der Waals surface area contributed by atoms with Crippen molar-refractivity contribution in [2.75, 3.05) is 13.2 Å². The van der Waals surface area contributed by atoms with Gasteiger partial charge in [0.15, 0.2) is 0 Å². The molecule has 1 aromatic rings. The van der Waals surface area contributed by atoms with E-state index >= 15 is 0 Å². The molecule has 0 spiro atoms. The highest BCUT2D eigenvalue weighted by Crippen LogP contribution is 2.18. The second kappa shape index (κ2) is 8.41. The standard InChI is InChI=1S/C15H23NO2.ClH/c1-12-6-8-13(9-7-12)18-11-10-16-14-4-2-3-5-15(14)17;/h6-9,14-17H,2-5,10-11H2,1H3;1H/t14?,15-;/m0./s1. The molecule has 3 nitrogen and oxygen atoms in total. The molecule has 1 saturated carbocycles. The van der Waals surface area contributed by atoms with Gasteiger partial charge in [0.25, 0.3) is 0 Å². The van der Waals surface area contributed by atoms with Gasteiger partial charge in [-0.2, -0.15) is 0 Å². The fourth-order valence-corrected chi connectivity index (χ4v) is 2.40. The maximum atomic E-state index is 9.81. The molecule has 0 bridgehead atoms. The number of halogens is 1. The number of aryl methyl sites for hydroxylation is 1. The summed E-state index contributed by atoms with van der Waals surface area (Å²) in [6.45, 7) is 3.50. The van der Waals surface area contributed by atoms with E-state index in [9.17, 15) is 5.11 Å². The Kier molecular flexibility index (Phi) is 7.21. The maximum absolute atomic E-state index is 9.81. The van der Waals surface area contributed by atoms with Gasteiger partial charge in [0.2, 0.25) is 0 Å². The molecule has 4 heteroatoms. The van der Waals surface area contributed by atoms with Gasteiger partial charge in [-0.05, 0) is 31.9 Å². The molecule has 1 unspecified atom stereocenters. The summed E-state index contributed by atoms with van der Waals surface area (Å²) in [7, 11) is 0. The summed E-state index contributed by atoms with van der Waals surface area (Å²) < 4.78 is 5.64. The van der Waals surface area contributed by atoms with Crippen molar-refractivity contribution in [1.82, 2.24) is 5.32 Å². The summed E-state index contributed by atoms with van der Waals surface area (Å²) in [5.41, 5.74) is 1.24. The van der Waals surface area contributed by atoms with Crippen molar-refractivity contribution in [2.45, 2.75) is 44.8 Å². The van der Waals surface area contributed by atoms with Gasteiger partial charge in [0, 0.05) is 12.6 Å². The number of benzene rings is 1. The summed E-state index contributed by atoms with van der Waals surface area (Å²) >= 11 is 0. The van der Waals surface area contributed by atoms with Crippen LogP contribution >= 0.6 is 12.4 Å². The second-order valence-electron chi connectivity index (χ2n) is 5.07. The average molecular weight is 286 g/mol. The summed E-state index contributed by atoms with van der Waals surface area (Å²) in [5, 5.41) is 13.2. The SMILES string of the molecule is Cc1ccc(OCCNC2CCCC[C@@H]2O)cc1.Cl. The van der Waals surface area contributed by atoms with Gasteiger partial charge in [-0.3, -0.25) is 0 Å². The van der Waals surface area contributed by atoms with E-state index in [1.807, 2.05) is 24.3 Å². The molecule has 108 valence electrons. The molecule has 0 radical (unpaired) electrons. The summed E-state index contributed by atoms with van der Waals surface area (Å²) in [6, 6.07) is 8.33. The number of rotatable bonds is 5. The molecule has 0 heterocycles. The van der Waals surface area contributed by atoms with Crippen molar-refractivity contribution in [1.29, 1.82) is 0 Å². The zero-order chi connectivity index (χ0) is 12.8. The molecule has 1 aliphatic carbocycles. The van der Waals surface area contributed by atoms with Crippen molar-refractivity contribution < 1.29 is 9.84 Å². The molecule has 2 atom stereocenters. The zero-order valence-electron chi connectivity index (χ0n) is 11.5. The zero-order valence-corrected chi connectivity index (χ0v) is 12.3. The van der Waals surface area contributed by atoms with Crippen molar-refractivity contribution in [3.05, 3.63) is 29.8 Å². The largest absolute Gasteiger partial charge is 0.492 e. The third kappa shape index (κ3) is 5.39. The molecule has 1 fully saturated rings. The minimum Gasteiger partial charge on any atom is -0.492 e. The van der Waals surface area contributed by atoms with Crippen LogP contribution in [0.3, 0.4) is 0 Å². The smallest absolute Gasteiger partial charge is 0.119 e. The minimum atomic E-state index is -0.182. The molecule has 1 aromatic carbocycles. The molecule has 0 aliphatic heterocycles. The topological polar surface area (TPSA) is 41.5 Å². The Morgan fingerprint density at radius 2 is 1.89 bits per heavy atom. The highest BCUT2D eigenvalue weighted by atomic mass is 35.5. The lowest BCUT2D eigenvalue weighted by atomic mass is 9.93. The third-order valence-corrected chi connectivity index (χ3v) is 3.53. The number of ether oxygens (including phenoxy) is 1. The Labute approximate surface area is 121 Å². The van der Waals surface area contributed by atoms with E-state index in [4.69, 9.17) is 4.74 Å². The van der Waals surface area contributed by atoms with Crippen LogP contribution in [0.1, 0.15) is 31.2 Å². The van der Waals surface area contributed by atoms with Gasteiger partial charge in [0.05, 0.1) is 6.10 Å². The minimum absolute atomic E-state index is 0. The van der Waals surface area contributed by atoms with Gasteiger partial charge in [-0.25, -0.2) is 0 Å². The molecule has 0 amide bonds. The van der Waals surface area contributed by atoms with Crippen LogP contribution in [0.4, 0.5) is 0 Å². The number of hydrogen-bond donors (Lipinski definition) is 2. The highest BCUT2D eigenvalue weighted by Gasteiger charge is 2.21. The molecular formula is C15H24ClNO2. The molecule has 0 saturated heterocycles. The molecule has 19 heavy (non-hydrogen) atoms. The Bertz CT molecular complexity index is 356. The predicted molar refractivity (Wildman–Crippen MR) is 80.2 cm³/mol. The van der Waals surface area contributed by atoms with Gasteiger partial charge in [-0.15, -0.1) is 12.4 Å². The van der Waals surface area contributed by atoms with E-state index < -0.39 is 0 Å². The first kappa shape index (κ1) is 16.3. The van der Waals surface area contributed by atoms with E-state index in [1.165, 1.54) is 12.0 Å². The molecule has 0 aromatic heterocycles. The molecule has 2 N–H and O–H groups in total. The highest BCUT2D eigenvalue weighted by molar-refractivity contribution is 5.85. The Morgan fingerprint density at radius 3 is 2.58 bits per heavy atom. The number of aliphatic hydroxyl groups excluding tert-OH is 1. The van der Waals surface area contributed by atoms with Crippen LogP contribution < -0.4 is 10.1 Å². The maximum Gasteiger partial charge on any atom is 0.119 e. The lowest BCUT2D eigenvalue weighted by Gasteiger charge is -2.28. The number of hydrogen-bond acceptors (Lipinski definition) is 3. The number of nitrogens with one attached hydrogen (secondary N) is 1. The predicted octanol–water partition coefficient (Wildman–Crippen LogP) is 2.69. The lowest BCUT2D eigenvalue weighted by molar-refractivity contribution is 0.0890. The van der Waals surface area contributed by atoms with Crippen molar-refractivity contribution in [3.63, 3.8) is 0 Å². The van der Waals surface area contributed by atoms with Crippen molar-refractivity contribution in [2.24, 2.45) is 0 Å². The Morgan fingerprint density at radius 1 is 1.21 bits per heavy atom. The van der Waals surface area contributed by atoms with Crippen molar-refractivity contribution in [3.8, 4) is 5.75 Å². The normalized spacial score (nSPS) is 22.6. The first-order valence-electron chi connectivity index (χ1n) is 6.86. The van der Waals surface area contributed by atoms with E-state index in [-0.39, 0.29) is 24.6 Å². The van der Waals surface area contributed by atoms with Gasteiger partial charge in [0.1, 0.15) is 12.4 Å². The van der Waals surface area contributed by atoms with Gasteiger partial charge in [-0.1, -0.05) is 30.5 Å². The lowest BCUT2D eigenvalue weighted by Crippen LogP contribution is -2.43. The summed E-state index contributed by atoms with van der Waals surface area (Å²) in [5.74, 6) is 0.909. The summed E-state index contributed by atoms with van der Waals surface area (Å²) in [6.07, 6.45) is 4.19. The fraction of sp³-hybridized carbons (Fsp3) is 0.600. The monoisotopic (exact) mass is 285 g/mol. The van der Waals surface area contributed by atoms with Crippen molar-refractivity contribution >= 4 is 12.4 Å². The molecule has 2 rings (SSSR count). The average Bonchev–Trinajstić information content (AvgIpc) is 2.39. The van der Waals surface area contributed by atoms with Crippen LogP contribution in [-0.2, 0) is 0 Å². The number of aliphatic hydroxyl groups is 1. The van der Waals surface area contributed by atoms with Crippen LogP contribution in [0, 0.1) is 6.92 Å². The first-order chi connectivity index (χ1) is 8.75. The van der Waals surface area contributed by atoms with E-state index in [2.05, 4.69) is 12.2 Å². The Balaban J connectivity index is 0.00000180. The van der Waals surface area contributed by atoms with Crippen LogP contribution in [-0.4, -0.2) is 30.4 Å². The first-order valence-corrected chi connectivity index (χ1v) is 6.86.